The lowest BCUT2D eigenvalue weighted by molar-refractivity contribution is 0.0156. The van der Waals surface area contributed by atoms with E-state index in [1.807, 2.05) is 0 Å². The van der Waals surface area contributed by atoms with E-state index in [1.165, 1.54) is 25.3 Å². The molecule has 5 nitrogen and oxygen atoms in total. The number of alkyl halides is 1. The molecule has 0 saturated heterocycles. The number of carbonyl (C=O) groups excluding carboxylic acids is 1. The van der Waals surface area contributed by atoms with Crippen LogP contribution in [0, 0.1) is 0 Å². The Balaban J connectivity index is 3.03. The number of hydrogen-bond donors (Lipinski definition) is 3. The predicted octanol–water partition coefficient (Wildman–Crippen LogP) is 1.20. The maximum atomic E-state index is 11.3. The van der Waals surface area contributed by atoms with Gasteiger partial charge in [0.1, 0.15) is 11.9 Å². The van der Waals surface area contributed by atoms with Crippen molar-refractivity contribution in [2.24, 2.45) is 0 Å². The van der Waals surface area contributed by atoms with Crippen molar-refractivity contribution in [2.75, 3.05) is 13.0 Å². The number of phenols is 1. The molecule has 0 aliphatic heterocycles. The summed E-state index contributed by atoms with van der Waals surface area (Å²) in [4.78, 5) is 11.3. The molecule has 0 aromatic heterocycles. The van der Waals surface area contributed by atoms with Crippen LogP contribution in [0.2, 0.25) is 0 Å². The van der Waals surface area contributed by atoms with Gasteiger partial charge in [-0.25, -0.2) is 4.79 Å². The fourth-order valence-electron chi connectivity index (χ4n) is 1.51. The van der Waals surface area contributed by atoms with Gasteiger partial charge in [-0.15, -0.1) is 11.6 Å². The number of carbonyl (C=O) groups is 1. The molecule has 0 aliphatic rings. The minimum atomic E-state index is -1.31. The largest absolute Gasteiger partial charge is 0.508 e. The summed E-state index contributed by atoms with van der Waals surface area (Å²) in [7, 11) is 1.23. The first-order valence-corrected chi connectivity index (χ1v) is 5.88. The van der Waals surface area contributed by atoms with Crippen molar-refractivity contribution in [2.45, 2.75) is 18.6 Å². The van der Waals surface area contributed by atoms with Crippen molar-refractivity contribution in [3.05, 3.63) is 29.3 Å². The van der Waals surface area contributed by atoms with Crippen molar-refractivity contribution in [1.29, 1.82) is 0 Å². The Morgan fingerprint density at radius 3 is 2.67 bits per heavy atom. The van der Waals surface area contributed by atoms with Gasteiger partial charge in [0.2, 0.25) is 0 Å². The third-order valence-electron chi connectivity index (χ3n) is 2.54. The van der Waals surface area contributed by atoms with Crippen LogP contribution in [0.1, 0.15) is 28.4 Å². The molecule has 0 fully saturated rings. The molecule has 0 radical (unpaired) electrons. The molecule has 100 valence electrons. The second-order valence-electron chi connectivity index (χ2n) is 3.76. The Morgan fingerprint density at radius 2 is 2.11 bits per heavy atom. The number of aliphatic hydroxyl groups is 2. The molecule has 0 aliphatic carbocycles. The van der Waals surface area contributed by atoms with Crippen LogP contribution >= 0.6 is 11.6 Å². The first-order chi connectivity index (χ1) is 8.51. The van der Waals surface area contributed by atoms with E-state index in [9.17, 15) is 20.1 Å². The molecule has 2 atom stereocenters. The monoisotopic (exact) mass is 274 g/mol. The van der Waals surface area contributed by atoms with Crippen molar-refractivity contribution >= 4 is 17.6 Å². The van der Waals surface area contributed by atoms with Crippen LogP contribution in [0.25, 0.3) is 0 Å². The maximum absolute atomic E-state index is 11.3. The molecule has 1 rings (SSSR count). The highest BCUT2D eigenvalue weighted by Gasteiger charge is 2.22. The average molecular weight is 275 g/mol. The van der Waals surface area contributed by atoms with E-state index in [2.05, 4.69) is 4.74 Å². The summed E-state index contributed by atoms with van der Waals surface area (Å²) in [5, 5.41) is 29.1. The third kappa shape index (κ3) is 3.35. The lowest BCUT2D eigenvalue weighted by Gasteiger charge is -2.18. The third-order valence-corrected chi connectivity index (χ3v) is 2.75. The zero-order chi connectivity index (χ0) is 13.7. The van der Waals surface area contributed by atoms with Gasteiger partial charge in [-0.3, -0.25) is 0 Å². The summed E-state index contributed by atoms with van der Waals surface area (Å²) < 4.78 is 4.53. The number of aliphatic hydroxyl groups excluding tert-OH is 2. The molecule has 1 aromatic carbocycles. The quantitative estimate of drug-likeness (QED) is 0.555. The number of phenolic OH excluding ortho intramolecular Hbond substituents is 1. The number of halogens is 1. The fourth-order valence-corrected chi connectivity index (χ4v) is 1.74. The van der Waals surface area contributed by atoms with Crippen molar-refractivity contribution in [3.8, 4) is 5.75 Å². The highest BCUT2D eigenvalue weighted by Crippen LogP contribution is 2.28. The van der Waals surface area contributed by atoms with Gasteiger partial charge < -0.3 is 20.1 Å². The Morgan fingerprint density at radius 1 is 1.44 bits per heavy atom. The first kappa shape index (κ1) is 14.8. The molecular formula is C12H15ClO5. The zero-order valence-corrected chi connectivity index (χ0v) is 10.6. The van der Waals surface area contributed by atoms with Crippen LogP contribution in [0.5, 0.6) is 5.75 Å². The Hall–Kier alpha value is -1.30. The molecule has 3 N–H and O–H groups in total. The van der Waals surface area contributed by atoms with Gasteiger partial charge in [-0.2, -0.15) is 0 Å². The Kier molecular flexibility index (Phi) is 5.40. The van der Waals surface area contributed by atoms with E-state index in [4.69, 9.17) is 11.6 Å². The topological polar surface area (TPSA) is 87.0 Å². The van der Waals surface area contributed by atoms with Gasteiger partial charge in [0.25, 0.3) is 0 Å². The van der Waals surface area contributed by atoms with E-state index in [-0.39, 0.29) is 29.2 Å². The summed E-state index contributed by atoms with van der Waals surface area (Å²) in [6.45, 7) is 0. The van der Waals surface area contributed by atoms with Gasteiger partial charge >= 0.3 is 5.97 Å². The van der Waals surface area contributed by atoms with E-state index in [0.29, 0.717) is 0 Å². The first-order valence-electron chi connectivity index (χ1n) is 5.34. The summed E-state index contributed by atoms with van der Waals surface area (Å²) >= 11 is 5.46. The minimum Gasteiger partial charge on any atom is -0.508 e. The SMILES string of the molecule is COC(=O)c1ccc(O)c(C(O)C(O)CCCl)c1. The van der Waals surface area contributed by atoms with Crippen LogP contribution in [0.15, 0.2) is 18.2 Å². The second kappa shape index (κ2) is 6.58. The Labute approximate surface area is 110 Å². The molecule has 2 unspecified atom stereocenters. The van der Waals surface area contributed by atoms with Crippen LogP contribution < -0.4 is 0 Å². The average Bonchev–Trinajstić information content (AvgIpc) is 2.37. The molecule has 1 aromatic rings. The van der Waals surface area contributed by atoms with Crippen molar-refractivity contribution < 1.29 is 24.9 Å². The zero-order valence-electron chi connectivity index (χ0n) is 9.84. The van der Waals surface area contributed by atoms with Crippen LogP contribution in [0.3, 0.4) is 0 Å². The molecule has 18 heavy (non-hydrogen) atoms. The van der Waals surface area contributed by atoms with Crippen LogP contribution in [0.4, 0.5) is 0 Å². The number of hydrogen-bond acceptors (Lipinski definition) is 5. The smallest absolute Gasteiger partial charge is 0.337 e. The summed E-state index contributed by atoms with van der Waals surface area (Å²) in [5.41, 5.74) is 0.248. The van der Waals surface area contributed by atoms with E-state index < -0.39 is 18.2 Å². The molecule has 6 heteroatoms. The number of methoxy groups -OCH3 is 1. The molecule has 0 bridgehead atoms. The lowest BCUT2D eigenvalue weighted by Crippen LogP contribution is -2.19. The van der Waals surface area contributed by atoms with Gasteiger partial charge in [-0.05, 0) is 24.6 Å². The lowest BCUT2D eigenvalue weighted by atomic mass is 9.99. The standard InChI is InChI=1S/C12H15ClO5/c1-18-12(17)7-2-3-9(14)8(6-7)11(16)10(15)4-5-13/h2-3,6,10-11,14-16H,4-5H2,1H3. The second-order valence-corrected chi connectivity index (χ2v) is 4.13. The predicted molar refractivity (Wildman–Crippen MR) is 65.7 cm³/mol. The van der Waals surface area contributed by atoms with E-state index in [0.717, 1.165) is 0 Å². The summed E-state index contributed by atoms with van der Waals surface area (Å²) in [5.74, 6) is -0.616. The van der Waals surface area contributed by atoms with Gasteiger partial charge in [0.15, 0.2) is 0 Å². The highest BCUT2D eigenvalue weighted by molar-refractivity contribution is 6.17. The molecular weight excluding hydrogens is 260 g/mol. The van der Waals surface area contributed by atoms with Crippen LogP contribution in [-0.2, 0) is 4.74 Å². The van der Waals surface area contributed by atoms with E-state index >= 15 is 0 Å². The number of aromatic hydroxyl groups is 1. The van der Waals surface area contributed by atoms with Gasteiger partial charge in [0, 0.05) is 11.4 Å². The molecule has 0 spiro atoms. The van der Waals surface area contributed by atoms with E-state index in [1.54, 1.807) is 0 Å². The van der Waals surface area contributed by atoms with Gasteiger partial charge in [-0.1, -0.05) is 0 Å². The van der Waals surface area contributed by atoms with Crippen molar-refractivity contribution in [3.63, 3.8) is 0 Å². The van der Waals surface area contributed by atoms with Crippen LogP contribution in [-0.4, -0.2) is 40.4 Å². The maximum Gasteiger partial charge on any atom is 0.337 e. The fraction of sp³-hybridized carbons (Fsp3) is 0.417. The summed E-state index contributed by atoms with van der Waals surface area (Å²) in [6, 6.07) is 3.91. The summed E-state index contributed by atoms with van der Waals surface area (Å²) in [6.07, 6.45) is -2.25. The van der Waals surface area contributed by atoms with Gasteiger partial charge in [0.05, 0.1) is 18.8 Å². The number of ether oxygens (including phenoxy) is 1. The number of benzene rings is 1. The highest BCUT2D eigenvalue weighted by atomic mass is 35.5. The molecule has 0 heterocycles. The van der Waals surface area contributed by atoms with Crippen molar-refractivity contribution in [1.82, 2.24) is 0 Å². The molecule has 0 amide bonds. The Bertz CT molecular complexity index is 421. The minimum absolute atomic E-state index is 0.0653. The number of esters is 1. The molecule has 0 saturated carbocycles. The normalized spacial score (nSPS) is 14.0. The number of rotatable bonds is 5.